The Morgan fingerprint density at radius 3 is 2.05 bits per heavy atom. The average Bonchev–Trinajstić information content (AvgIpc) is 2.83. The van der Waals surface area contributed by atoms with Gasteiger partial charge in [-0.1, -0.05) is 12.1 Å². The van der Waals surface area contributed by atoms with E-state index in [9.17, 15) is 4.79 Å². The lowest BCUT2D eigenvalue weighted by Crippen LogP contribution is -2.36. The Kier molecular flexibility index (Phi) is 9.83. The fraction of sp³-hybridized carbons (Fsp3) is 0.433. The van der Waals surface area contributed by atoms with E-state index in [2.05, 4.69) is 75.0 Å². The predicted molar refractivity (Wildman–Crippen MR) is 160 cm³/mol. The normalized spacial score (nSPS) is 15.3. The average molecular weight is 520 g/mol. The number of ketones is 1. The van der Waals surface area contributed by atoms with Crippen molar-refractivity contribution in [2.24, 2.45) is 15.7 Å². The molecule has 38 heavy (non-hydrogen) atoms. The number of nitrogens with two attached hydrogens (primary N) is 1. The SMILES string of the molecule is C[N+](C)(C)CCCCc1ccc(N=C2N=C(N)C(=O)C=C2Nc2ccc(NCCC[N+](C)(C)C)cc2)cc1. The van der Waals surface area contributed by atoms with Crippen molar-refractivity contribution in [1.29, 1.82) is 0 Å². The van der Waals surface area contributed by atoms with Crippen LogP contribution in [-0.2, 0) is 11.2 Å². The number of nitrogens with zero attached hydrogens (tertiary/aromatic N) is 4. The van der Waals surface area contributed by atoms with Gasteiger partial charge in [-0.05, 0) is 61.2 Å². The van der Waals surface area contributed by atoms with E-state index in [4.69, 9.17) is 5.73 Å². The molecule has 0 fully saturated rings. The molecule has 1 aliphatic rings. The zero-order chi connectivity index (χ0) is 27.8. The van der Waals surface area contributed by atoms with Gasteiger partial charge in [0, 0.05) is 30.4 Å². The Morgan fingerprint density at radius 1 is 0.816 bits per heavy atom. The van der Waals surface area contributed by atoms with Crippen LogP contribution < -0.4 is 16.4 Å². The van der Waals surface area contributed by atoms with Gasteiger partial charge >= 0.3 is 0 Å². The monoisotopic (exact) mass is 519 g/mol. The molecule has 2 aromatic rings. The van der Waals surface area contributed by atoms with Crippen molar-refractivity contribution >= 4 is 34.5 Å². The highest BCUT2D eigenvalue weighted by atomic mass is 16.1. The van der Waals surface area contributed by atoms with Crippen LogP contribution in [0.4, 0.5) is 17.1 Å². The van der Waals surface area contributed by atoms with Gasteiger partial charge in [0.1, 0.15) is 0 Å². The maximum atomic E-state index is 12.3. The number of quaternary nitrogens is 2. The van der Waals surface area contributed by atoms with E-state index >= 15 is 0 Å². The summed E-state index contributed by atoms with van der Waals surface area (Å²) in [6.45, 7) is 3.20. The Hall–Kier alpha value is -3.49. The number of nitrogens with one attached hydrogen (secondary N) is 2. The maximum Gasteiger partial charge on any atom is 0.222 e. The molecule has 0 aromatic heterocycles. The number of aliphatic imine (C=N–C) groups is 2. The van der Waals surface area contributed by atoms with Crippen LogP contribution in [0.3, 0.4) is 0 Å². The van der Waals surface area contributed by atoms with E-state index in [0.29, 0.717) is 11.5 Å². The second kappa shape index (κ2) is 12.8. The summed E-state index contributed by atoms with van der Waals surface area (Å²) >= 11 is 0. The van der Waals surface area contributed by atoms with Crippen LogP contribution in [0.5, 0.6) is 0 Å². The van der Waals surface area contributed by atoms with E-state index < -0.39 is 0 Å². The Labute approximate surface area is 228 Å². The minimum atomic E-state index is -0.328. The summed E-state index contributed by atoms with van der Waals surface area (Å²) < 4.78 is 1.95. The number of carbonyl (C=O) groups excluding carboxylic acids is 1. The molecule has 0 aliphatic carbocycles. The van der Waals surface area contributed by atoms with Crippen LogP contribution in [-0.4, -0.2) is 88.3 Å². The highest BCUT2D eigenvalue weighted by Gasteiger charge is 2.19. The third kappa shape index (κ3) is 10.1. The number of benzene rings is 2. The third-order valence-corrected chi connectivity index (χ3v) is 6.21. The molecule has 0 atom stereocenters. The number of anilines is 2. The first kappa shape index (κ1) is 29.1. The summed E-state index contributed by atoms with van der Waals surface area (Å²) in [7, 11) is 13.3. The molecule has 1 aliphatic heterocycles. The van der Waals surface area contributed by atoms with E-state index in [1.165, 1.54) is 24.6 Å². The van der Waals surface area contributed by atoms with Crippen LogP contribution in [0, 0.1) is 0 Å². The summed E-state index contributed by atoms with van der Waals surface area (Å²) in [6.07, 6.45) is 5.95. The lowest BCUT2D eigenvalue weighted by atomic mass is 10.1. The molecule has 8 heteroatoms. The molecule has 0 radical (unpaired) electrons. The minimum Gasteiger partial charge on any atom is -0.385 e. The number of unbranched alkanes of at least 4 members (excludes halogenated alkanes) is 1. The summed E-state index contributed by atoms with van der Waals surface area (Å²) in [5.74, 6) is 0.00288. The largest absolute Gasteiger partial charge is 0.385 e. The number of hydrogen-bond acceptors (Lipinski definition) is 5. The molecular formula is C30H45N7O+2. The predicted octanol–water partition coefficient (Wildman–Crippen LogP) is 4.19. The van der Waals surface area contributed by atoms with Crippen LogP contribution in [0.25, 0.3) is 0 Å². The molecule has 0 unspecified atom stereocenters. The van der Waals surface area contributed by atoms with Gasteiger partial charge in [-0.2, -0.15) is 0 Å². The molecule has 0 spiro atoms. The quantitative estimate of drug-likeness (QED) is 0.273. The highest BCUT2D eigenvalue weighted by molar-refractivity contribution is 6.47. The molecule has 8 nitrogen and oxygen atoms in total. The van der Waals surface area contributed by atoms with E-state index in [0.717, 1.165) is 58.4 Å². The van der Waals surface area contributed by atoms with Crippen LogP contribution in [0.1, 0.15) is 24.8 Å². The molecule has 4 N–H and O–H groups in total. The Balaban J connectivity index is 1.62. The van der Waals surface area contributed by atoms with Crippen LogP contribution in [0.2, 0.25) is 0 Å². The number of hydrogen-bond donors (Lipinski definition) is 3. The molecule has 0 bridgehead atoms. The van der Waals surface area contributed by atoms with E-state index in [-0.39, 0.29) is 11.6 Å². The topological polar surface area (TPSA) is 91.9 Å². The lowest BCUT2D eigenvalue weighted by Gasteiger charge is -2.23. The number of carbonyl (C=O) groups is 1. The van der Waals surface area contributed by atoms with Gasteiger partial charge in [-0.15, -0.1) is 0 Å². The van der Waals surface area contributed by atoms with Crippen molar-refractivity contribution in [1.82, 2.24) is 0 Å². The molecule has 3 rings (SSSR count). The maximum absolute atomic E-state index is 12.3. The zero-order valence-electron chi connectivity index (χ0n) is 23.9. The molecular weight excluding hydrogens is 474 g/mol. The van der Waals surface area contributed by atoms with Crippen molar-refractivity contribution in [2.45, 2.75) is 25.7 Å². The summed E-state index contributed by atoms with van der Waals surface area (Å²) in [5, 5.41) is 6.75. The lowest BCUT2D eigenvalue weighted by molar-refractivity contribution is -0.870. The first-order valence-corrected chi connectivity index (χ1v) is 13.4. The highest BCUT2D eigenvalue weighted by Crippen LogP contribution is 2.21. The molecule has 204 valence electrons. The first-order valence-electron chi connectivity index (χ1n) is 13.4. The fourth-order valence-corrected chi connectivity index (χ4v) is 4.06. The van der Waals surface area contributed by atoms with Crippen LogP contribution in [0.15, 0.2) is 70.3 Å². The number of dihydropyridines is 1. The zero-order valence-corrected chi connectivity index (χ0v) is 23.9. The number of aryl methyl sites for hydroxylation is 1. The van der Waals surface area contributed by atoms with Crippen molar-refractivity contribution in [3.8, 4) is 0 Å². The van der Waals surface area contributed by atoms with Crippen LogP contribution >= 0.6 is 0 Å². The van der Waals surface area contributed by atoms with Crippen molar-refractivity contribution in [3.05, 3.63) is 65.9 Å². The first-order chi connectivity index (χ1) is 17.9. The second-order valence-corrected chi connectivity index (χ2v) is 12.0. The number of amidine groups is 2. The summed E-state index contributed by atoms with van der Waals surface area (Å²) in [6, 6.07) is 16.2. The fourth-order valence-electron chi connectivity index (χ4n) is 4.06. The van der Waals surface area contributed by atoms with Gasteiger partial charge in [-0.25, -0.2) is 9.98 Å². The van der Waals surface area contributed by atoms with Gasteiger partial charge in [0.25, 0.3) is 0 Å². The minimum absolute atomic E-state index is 0.0587. The Bertz CT molecular complexity index is 1170. The van der Waals surface area contributed by atoms with E-state index in [1.54, 1.807) is 0 Å². The molecule has 1 heterocycles. The van der Waals surface area contributed by atoms with Gasteiger partial charge in [0.05, 0.1) is 66.8 Å². The van der Waals surface area contributed by atoms with E-state index in [1.807, 2.05) is 36.4 Å². The molecule has 0 saturated heterocycles. The van der Waals surface area contributed by atoms with Crippen molar-refractivity contribution < 1.29 is 13.8 Å². The van der Waals surface area contributed by atoms with Gasteiger partial charge in [-0.3, -0.25) is 4.79 Å². The molecule has 0 saturated carbocycles. The smallest absolute Gasteiger partial charge is 0.222 e. The standard InChI is InChI=1S/C30H44N7O/c1-36(2,3)20-8-7-10-23-11-13-26(14-12-23)34-30-27(22-28(38)29(31)35-30)33-25-17-15-24(16-18-25)32-19-9-21-37(4,5)6/h11-18,22H,7-10,19-21H2,1-6H3,(H3-,31,32,33,34,35,38)/q+1/p+1. The third-order valence-electron chi connectivity index (χ3n) is 6.21. The Morgan fingerprint density at radius 2 is 1.42 bits per heavy atom. The van der Waals surface area contributed by atoms with Gasteiger partial charge in [0.15, 0.2) is 11.7 Å². The van der Waals surface area contributed by atoms with Gasteiger partial charge in [0.2, 0.25) is 5.78 Å². The van der Waals surface area contributed by atoms with Gasteiger partial charge < -0.3 is 25.3 Å². The second-order valence-electron chi connectivity index (χ2n) is 12.0. The molecule has 0 amide bonds. The summed E-state index contributed by atoms with van der Waals surface area (Å²) in [4.78, 5) is 21.2. The molecule has 2 aromatic carbocycles. The number of rotatable bonds is 13. The summed E-state index contributed by atoms with van der Waals surface area (Å²) in [5.41, 5.74) is 10.3. The van der Waals surface area contributed by atoms with Crippen molar-refractivity contribution in [2.75, 3.05) is 72.6 Å². The van der Waals surface area contributed by atoms with Crippen molar-refractivity contribution in [3.63, 3.8) is 0 Å².